The summed E-state index contributed by atoms with van der Waals surface area (Å²) >= 11 is 1.68. The number of nitrogens with zero attached hydrogens (tertiary/aromatic N) is 6. The normalized spacial score (nSPS) is 19.0. The van der Waals surface area contributed by atoms with Crippen molar-refractivity contribution in [2.45, 2.75) is 25.1 Å². The molecule has 12 heteroatoms. The predicted molar refractivity (Wildman–Crippen MR) is 146 cm³/mol. The molecule has 0 amide bonds. The lowest BCUT2D eigenvalue weighted by Crippen LogP contribution is -2.33. The van der Waals surface area contributed by atoms with Gasteiger partial charge in [0, 0.05) is 23.9 Å². The fraction of sp³-hybridized carbons (Fsp3) is 0.259. The average molecular weight is 555 g/mol. The van der Waals surface area contributed by atoms with Gasteiger partial charge in [0.25, 0.3) is 0 Å². The average Bonchev–Trinajstić information content (AvgIpc) is 3.44. The SMILES string of the molecule is COc1ccc(N2CCCS/C2=N\N=C\C2=CCC(c3ncn(-c4ccc(OC(F)(F)F)cc4)n3)C=C2)cc1. The van der Waals surface area contributed by atoms with Crippen LogP contribution in [0.5, 0.6) is 11.5 Å². The van der Waals surface area contributed by atoms with Gasteiger partial charge in [-0.25, -0.2) is 9.67 Å². The van der Waals surface area contributed by atoms with Crippen LogP contribution < -0.4 is 14.4 Å². The number of hydrogen-bond donors (Lipinski definition) is 0. The summed E-state index contributed by atoms with van der Waals surface area (Å²) in [7, 11) is 1.65. The molecule has 2 aliphatic rings. The van der Waals surface area contributed by atoms with Crippen LogP contribution in [-0.4, -0.2) is 51.9 Å². The van der Waals surface area contributed by atoms with Gasteiger partial charge in [-0.05, 0) is 66.9 Å². The Bertz CT molecular complexity index is 1400. The number of benzene rings is 2. The number of anilines is 1. The molecule has 1 aliphatic heterocycles. The third-order valence-corrected chi connectivity index (χ3v) is 7.08. The molecule has 1 aliphatic carbocycles. The topological polar surface area (TPSA) is 77.1 Å². The van der Waals surface area contributed by atoms with Gasteiger partial charge in [0.15, 0.2) is 11.0 Å². The molecule has 0 saturated carbocycles. The standard InChI is InChI=1S/C27H25F3N6O2S/c1-37-23-11-7-21(8-12-23)35-15-2-16-39-26(35)33-32-17-19-3-5-20(6-4-19)25-31-18-36(34-25)22-9-13-24(14-10-22)38-27(28,29)30/h3-5,7-14,17-18,20H,2,6,15-16H2,1H3/b32-17+,33-26-. The molecule has 0 radical (unpaired) electrons. The molecule has 1 unspecified atom stereocenters. The van der Waals surface area contributed by atoms with Gasteiger partial charge < -0.3 is 14.4 Å². The Balaban J connectivity index is 1.19. The second-order valence-electron chi connectivity index (χ2n) is 8.67. The number of aromatic nitrogens is 3. The monoisotopic (exact) mass is 554 g/mol. The maximum absolute atomic E-state index is 12.4. The van der Waals surface area contributed by atoms with E-state index >= 15 is 0 Å². The smallest absolute Gasteiger partial charge is 0.497 e. The van der Waals surface area contributed by atoms with Crippen LogP contribution in [0.2, 0.25) is 0 Å². The number of halogens is 3. The van der Waals surface area contributed by atoms with Crippen LogP contribution in [0.4, 0.5) is 18.9 Å². The first-order chi connectivity index (χ1) is 18.9. The second kappa shape index (κ2) is 11.8. The highest BCUT2D eigenvalue weighted by atomic mass is 32.2. The number of hydrogen-bond acceptors (Lipinski definition) is 7. The Morgan fingerprint density at radius 2 is 1.79 bits per heavy atom. The number of rotatable bonds is 7. The van der Waals surface area contributed by atoms with Crippen molar-refractivity contribution in [3.8, 4) is 17.2 Å². The van der Waals surface area contributed by atoms with E-state index in [0.29, 0.717) is 17.9 Å². The molecular formula is C27H25F3N6O2S. The number of alkyl halides is 3. The summed E-state index contributed by atoms with van der Waals surface area (Å²) in [4.78, 5) is 6.54. The molecule has 5 rings (SSSR count). The van der Waals surface area contributed by atoms with E-state index in [1.165, 1.54) is 35.3 Å². The van der Waals surface area contributed by atoms with E-state index in [9.17, 15) is 13.2 Å². The fourth-order valence-electron chi connectivity index (χ4n) is 4.08. The molecule has 0 bridgehead atoms. The molecular weight excluding hydrogens is 529 g/mol. The van der Waals surface area contributed by atoms with Gasteiger partial charge in [0.05, 0.1) is 19.0 Å². The van der Waals surface area contributed by atoms with E-state index < -0.39 is 6.36 Å². The van der Waals surface area contributed by atoms with Gasteiger partial charge in [-0.3, -0.25) is 0 Å². The highest BCUT2D eigenvalue weighted by Gasteiger charge is 2.31. The number of amidine groups is 1. The summed E-state index contributed by atoms with van der Waals surface area (Å²) in [6.07, 6.45) is 6.30. The maximum atomic E-state index is 12.4. The van der Waals surface area contributed by atoms with Gasteiger partial charge in [-0.1, -0.05) is 30.0 Å². The van der Waals surface area contributed by atoms with Crippen LogP contribution in [0.1, 0.15) is 24.6 Å². The van der Waals surface area contributed by atoms with Crippen LogP contribution in [-0.2, 0) is 0 Å². The van der Waals surface area contributed by atoms with E-state index in [-0.39, 0.29) is 11.7 Å². The second-order valence-corrected chi connectivity index (χ2v) is 9.74. The molecule has 1 saturated heterocycles. The molecule has 1 atom stereocenters. The van der Waals surface area contributed by atoms with E-state index in [0.717, 1.165) is 40.9 Å². The minimum atomic E-state index is -4.73. The zero-order chi connectivity index (χ0) is 27.2. The van der Waals surface area contributed by atoms with Crippen LogP contribution in [0.3, 0.4) is 0 Å². The molecule has 0 N–H and O–H groups in total. The summed E-state index contributed by atoms with van der Waals surface area (Å²) in [5.41, 5.74) is 2.57. The summed E-state index contributed by atoms with van der Waals surface area (Å²) in [6, 6.07) is 13.4. The summed E-state index contributed by atoms with van der Waals surface area (Å²) < 4.78 is 47.8. The first kappa shape index (κ1) is 26.5. The lowest BCUT2D eigenvalue weighted by molar-refractivity contribution is -0.274. The maximum Gasteiger partial charge on any atom is 0.573 e. The van der Waals surface area contributed by atoms with Gasteiger partial charge in [-0.2, -0.15) is 10.2 Å². The van der Waals surface area contributed by atoms with Crippen molar-refractivity contribution in [3.63, 3.8) is 0 Å². The van der Waals surface area contributed by atoms with Crippen molar-refractivity contribution in [2.24, 2.45) is 10.2 Å². The first-order valence-electron chi connectivity index (χ1n) is 12.2. The first-order valence-corrected chi connectivity index (χ1v) is 13.2. The molecule has 3 aromatic rings. The van der Waals surface area contributed by atoms with Crippen molar-refractivity contribution < 1.29 is 22.6 Å². The summed E-state index contributed by atoms with van der Waals surface area (Å²) in [5, 5.41) is 14.2. The van der Waals surface area contributed by atoms with E-state index in [4.69, 9.17) is 4.74 Å². The van der Waals surface area contributed by atoms with Gasteiger partial charge in [0.1, 0.15) is 17.8 Å². The van der Waals surface area contributed by atoms with E-state index in [1.54, 1.807) is 25.1 Å². The molecule has 2 aromatic carbocycles. The van der Waals surface area contributed by atoms with Crippen molar-refractivity contribution in [1.82, 2.24) is 14.8 Å². The predicted octanol–water partition coefficient (Wildman–Crippen LogP) is 6.13. The molecule has 0 spiro atoms. The highest BCUT2D eigenvalue weighted by Crippen LogP contribution is 2.28. The van der Waals surface area contributed by atoms with Gasteiger partial charge in [-0.15, -0.1) is 18.3 Å². The van der Waals surface area contributed by atoms with Crippen molar-refractivity contribution in [1.29, 1.82) is 0 Å². The molecule has 1 aromatic heterocycles. The van der Waals surface area contributed by atoms with E-state index in [2.05, 4.69) is 29.9 Å². The Hall–Kier alpha value is -4.06. The molecule has 1 fully saturated rings. The number of ether oxygens (including phenoxy) is 2. The third kappa shape index (κ3) is 6.88. The molecule has 39 heavy (non-hydrogen) atoms. The molecule has 2 heterocycles. The zero-order valence-electron chi connectivity index (χ0n) is 21.0. The van der Waals surface area contributed by atoms with Gasteiger partial charge >= 0.3 is 6.36 Å². The Morgan fingerprint density at radius 3 is 2.49 bits per heavy atom. The summed E-state index contributed by atoms with van der Waals surface area (Å²) in [6.45, 7) is 0.878. The van der Waals surface area contributed by atoms with Gasteiger partial charge in [0.2, 0.25) is 0 Å². The lowest BCUT2D eigenvalue weighted by Gasteiger charge is -2.28. The summed E-state index contributed by atoms with van der Waals surface area (Å²) in [5.74, 6) is 2.10. The molecule has 8 nitrogen and oxygen atoms in total. The number of methoxy groups -OCH3 is 1. The minimum Gasteiger partial charge on any atom is -0.497 e. The largest absolute Gasteiger partial charge is 0.573 e. The highest BCUT2D eigenvalue weighted by molar-refractivity contribution is 8.14. The molecule has 202 valence electrons. The third-order valence-electron chi connectivity index (χ3n) is 6.03. The van der Waals surface area contributed by atoms with Crippen molar-refractivity contribution >= 4 is 28.8 Å². The van der Waals surface area contributed by atoms with Crippen molar-refractivity contribution in [2.75, 3.05) is 24.3 Å². The fourth-order valence-corrected chi connectivity index (χ4v) is 5.00. The lowest BCUT2D eigenvalue weighted by atomic mass is 9.96. The number of allylic oxidation sites excluding steroid dienone is 4. The van der Waals surface area contributed by atoms with Crippen molar-refractivity contribution in [3.05, 3.63) is 84.5 Å². The minimum absolute atomic E-state index is 0.0259. The number of thioether (sulfide) groups is 1. The quantitative estimate of drug-likeness (QED) is 0.258. The van der Waals surface area contributed by atoms with Crippen LogP contribution in [0.25, 0.3) is 5.69 Å². The van der Waals surface area contributed by atoms with Crippen LogP contribution in [0, 0.1) is 0 Å². The Morgan fingerprint density at radius 1 is 1.05 bits per heavy atom. The Labute approximate surface area is 227 Å². The van der Waals surface area contributed by atoms with Crippen LogP contribution in [0.15, 0.2) is 88.9 Å². The van der Waals surface area contributed by atoms with Crippen LogP contribution >= 0.6 is 11.8 Å². The zero-order valence-corrected chi connectivity index (χ0v) is 21.8. The van der Waals surface area contributed by atoms with E-state index in [1.807, 2.05) is 42.5 Å². The Kier molecular flexibility index (Phi) is 8.01.